The smallest absolute Gasteiger partial charge is 0.224 e. The number of hydrogen-bond acceptors (Lipinski definition) is 4. The Morgan fingerprint density at radius 2 is 2.25 bits per heavy atom. The van der Waals surface area contributed by atoms with Gasteiger partial charge in [-0.1, -0.05) is 6.08 Å². The maximum atomic E-state index is 11.7. The van der Waals surface area contributed by atoms with Crippen LogP contribution in [-0.2, 0) is 9.53 Å². The van der Waals surface area contributed by atoms with Crippen molar-refractivity contribution in [1.29, 1.82) is 0 Å². The predicted octanol–water partition coefficient (Wildman–Crippen LogP) is 2.62. The fourth-order valence-electron chi connectivity index (χ4n) is 1.48. The lowest BCUT2D eigenvalue weighted by Crippen LogP contribution is -2.13. The lowest BCUT2D eigenvalue weighted by molar-refractivity contribution is -0.116. The highest BCUT2D eigenvalue weighted by atomic mass is 35.5. The second kappa shape index (κ2) is 10.1. The Kier molecular flexibility index (Phi) is 9.24. The van der Waals surface area contributed by atoms with Crippen LogP contribution in [0.15, 0.2) is 30.9 Å². The topological polar surface area (TPSA) is 73.6 Å². The Morgan fingerprint density at radius 3 is 2.90 bits per heavy atom. The van der Waals surface area contributed by atoms with Crippen LogP contribution in [0, 0.1) is 0 Å². The number of nitrogen functional groups attached to an aromatic ring is 1. The van der Waals surface area contributed by atoms with E-state index in [1.165, 1.54) is 0 Å². The Labute approximate surface area is 125 Å². The van der Waals surface area contributed by atoms with Gasteiger partial charge in [-0.05, 0) is 18.6 Å². The molecule has 3 N–H and O–H groups in total. The molecule has 0 aromatic heterocycles. The van der Waals surface area contributed by atoms with Crippen molar-refractivity contribution in [2.75, 3.05) is 31.4 Å². The molecule has 0 heterocycles. The van der Waals surface area contributed by atoms with Gasteiger partial charge in [0.05, 0.1) is 25.1 Å². The number of amides is 1. The lowest BCUT2D eigenvalue weighted by Gasteiger charge is -2.10. The third-order valence-corrected chi connectivity index (χ3v) is 2.46. The zero-order valence-corrected chi connectivity index (χ0v) is 12.4. The van der Waals surface area contributed by atoms with Crippen molar-refractivity contribution in [1.82, 2.24) is 0 Å². The average molecular weight is 301 g/mol. The summed E-state index contributed by atoms with van der Waals surface area (Å²) in [7, 11) is 1.56. The van der Waals surface area contributed by atoms with E-state index in [2.05, 4.69) is 11.9 Å². The van der Waals surface area contributed by atoms with Gasteiger partial charge in [0.15, 0.2) is 0 Å². The number of hydrogen-bond donors (Lipinski definition) is 2. The minimum absolute atomic E-state index is 0. The van der Waals surface area contributed by atoms with Gasteiger partial charge >= 0.3 is 0 Å². The van der Waals surface area contributed by atoms with Gasteiger partial charge in [0.25, 0.3) is 0 Å². The number of benzene rings is 1. The standard InChI is InChI=1S/C14H20N2O3.ClH/c1-3-8-19-9-4-5-14(17)16-13-10-11(18-2)6-7-12(13)15;/h3,6-7,10H,1,4-5,8-9,15H2,2H3,(H,16,17);1H. The summed E-state index contributed by atoms with van der Waals surface area (Å²) in [4.78, 5) is 11.7. The first kappa shape index (κ1) is 18.3. The first-order valence-electron chi connectivity index (χ1n) is 6.09. The zero-order chi connectivity index (χ0) is 14.1. The molecule has 1 aromatic rings. The molecular formula is C14H21ClN2O3. The highest BCUT2D eigenvalue weighted by Gasteiger charge is 2.06. The van der Waals surface area contributed by atoms with E-state index in [4.69, 9.17) is 15.2 Å². The number of carbonyl (C=O) groups excluding carboxylic acids is 1. The number of nitrogens with one attached hydrogen (secondary N) is 1. The summed E-state index contributed by atoms with van der Waals surface area (Å²) >= 11 is 0. The van der Waals surface area contributed by atoms with Gasteiger partial charge in [-0.15, -0.1) is 19.0 Å². The highest BCUT2D eigenvalue weighted by Crippen LogP contribution is 2.24. The fourth-order valence-corrected chi connectivity index (χ4v) is 1.48. The number of rotatable bonds is 8. The van der Waals surface area contributed by atoms with Gasteiger partial charge in [0.1, 0.15) is 5.75 Å². The van der Waals surface area contributed by atoms with E-state index in [9.17, 15) is 4.79 Å². The summed E-state index contributed by atoms with van der Waals surface area (Å²) in [6.45, 7) is 4.58. The van der Waals surface area contributed by atoms with E-state index in [0.717, 1.165) is 0 Å². The molecule has 0 radical (unpaired) electrons. The van der Waals surface area contributed by atoms with E-state index in [0.29, 0.717) is 43.2 Å². The number of methoxy groups -OCH3 is 1. The summed E-state index contributed by atoms with van der Waals surface area (Å²) in [5, 5.41) is 2.76. The molecule has 0 bridgehead atoms. The van der Waals surface area contributed by atoms with E-state index < -0.39 is 0 Å². The van der Waals surface area contributed by atoms with Crippen molar-refractivity contribution in [2.24, 2.45) is 0 Å². The Balaban J connectivity index is 0.00000361. The monoisotopic (exact) mass is 300 g/mol. The van der Waals surface area contributed by atoms with E-state index >= 15 is 0 Å². The molecule has 5 nitrogen and oxygen atoms in total. The van der Waals surface area contributed by atoms with Crippen molar-refractivity contribution in [3.8, 4) is 5.75 Å². The Morgan fingerprint density at radius 1 is 1.50 bits per heavy atom. The summed E-state index contributed by atoms with van der Waals surface area (Å²) in [5.74, 6) is 0.556. The quantitative estimate of drug-likeness (QED) is 0.440. The number of nitrogens with two attached hydrogens (primary N) is 1. The molecule has 0 aliphatic rings. The Hall–Kier alpha value is -1.72. The van der Waals surface area contributed by atoms with Gasteiger partial charge in [-0.3, -0.25) is 4.79 Å². The van der Waals surface area contributed by atoms with Crippen LogP contribution in [0.3, 0.4) is 0 Å². The molecule has 1 amide bonds. The zero-order valence-electron chi connectivity index (χ0n) is 11.6. The molecule has 1 aromatic carbocycles. The SMILES string of the molecule is C=CCOCCCC(=O)Nc1cc(OC)ccc1N.Cl. The van der Waals surface area contributed by atoms with Gasteiger partial charge in [-0.2, -0.15) is 0 Å². The van der Waals surface area contributed by atoms with E-state index in [-0.39, 0.29) is 18.3 Å². The van der Waals surface area contributed by atoms with E-state index in [1.807, 2.05) is 0 Å². The maximum Gasteiger partial charge on any atom is 0.224 e. The Bertz CT molecular complexity index is 438. The third-order valence-electron chi connectivity index (χ3n) is 2.46. The first-order valence-corrected chi connectivity index (χ1v) is 6.09. The summed E-state index contributed by atoms with van der Waals surface area (Å²) in [6.07, 6.45) is 2.72. The molecule has 0 saturated heterocycles. The molecule has 0 unspecified atom stereocenters. The molecule has 0 atom stereocenters. The van der Waals surface area contributed by atoms with Crippen LogP contribution in [0.5, 0.6) is 5.75 Å². The normalized spacial score (nSPS) is 9.45. The van der Waals surface area contributed by atoms with Crippen molar-refractivity contribution >= 4 is 29.7 Å². The first-order chi connectivity index (χ1) is 9.17. The average Bonchev–Trinajstić information content (AvgIpc) is 2.41. The van der Waals surface area contributed by atoms with Crippen LogP contribution >= 0.6 is 12.4 Å². The lowest BCUT2D eigenvalue weighted by atomic mass is 10.2. The molecule has 6 heteroatoms. The van der Waals surface area contributed by atoms with Gasteiger partial charge < -0.3 is 20.5 Å². The predicted molar refractivity (Wildman–Crippen MR) is 83.5 cm³/mol. The number of halogens is 1. The van der Waals surface area contributed by atoms with E-state index in [1.54, 1.807) is 31.4 Å². The minimum atomic E-state index is -0.0952. The number of ether oxygens (including phenoxy) is 2. The molecule has 0 aliphatic carbocycles. The van der Waals surface area contributed by atoms with Crippen molar-refractivity contribution in [3.63, 3.8) is 0 Å². The van der Waals surface area contributed by atoms with Gasteiger partial charge in [-0.25, -0.2) is 0 Å². The minimum Gasteiger partial charge on any atom is -0.497 e. The van der Waals surface area contributed by atoms with Crippen molar-refractivity contribution < 1.29 is 14.3 Å². The largest absolute Gasteiger partial charge is 0.497 e. The molecule has 0 spiro atoms. The summed E-state index contributed by atoms with van der Waals surface area (Å²) in [6, 6.07) is 5.14. The molecule has 20 heavy (non-hydrogen) atoms. The number of carbonyl (C=O) groups is 1. The molecule has 0 aliphatic heterocycles. The third kappa shape index (κ3) is 6.45. The van der Waals surface area contributed by atoms with Crippen LogP contribution in [-0.4, -0.2) is 26.2 Å². The van der Waals surface area contributed by atoms with Crippen LogP contribution in [0.2, 0.25) is 0 Å². The van der Waals surface area contributed by atoms with Crippen LogP contribution < -0.4 is 15.8 Å². The second-order valence-electron chi connectivity index (χ2n) is 3.97. The van der Waals surface area contributed by atoms with Gasteiger partial charge in [0, 0.05) is 19.1 Å². The van der Waals surface area contributed by atoms with Crippen LogP contribution in [0.25, 0.3) is 0 Å². The molecule has 112 valence electrons. The van der Waals surface area contributed by atoms with Crippen LogP contribution in [0.4, 0.5) is 11.4 Å². The van der Waals surface area contributed by atoms with Crippen LogP contribution in [0.1, 0.15) is 12.8 Å². The molecular weight excluding hydrogens is 280 g/mol. The molecule has 0 fully saturated rings. The van der Waals surface area contributed by atoms with Crippen molar-refractivity contribution in [3.05, 3.63) is 30.9 Å². The molecule has 1 rings (SSSR count). The fraction of sp³-hybridized carbons (Fsp3) is 0.357. The second-order valence-corrected chi connectivity index (χ2v) is 3.97. The van der Waals surface area contributed by atoms with Crippen molar-refractivity contribution in [2.45, 2.75) is 12.8 Å². The maximum absolute atomic E-state index is 11.7. The number of anilines is 2. The highest BCUT2D eigenvalue weighted by molar-refractivity contribution is 5.94. The summed E-state index contributed by atoms with van der Waals surface area (Å²) < 4.78 is 10.3. The summed E-state index contributed by atoms with van der Waals surface area (Å²) in [5.41, 5.74) is 6.86. The van der Waals surface area contributed by atoms with Gasteiger partial charge in [0.2, 0.25) is 5.91 Å². The molecule has 0 saturated carbocycles.